The van der Waals surface area contributed by atoms with Crippen LogP contribution in [0.2, 0.25) is 0 Å². The lowest BCUT2D eigenvalue weighted by Crippen LogP contribution is -2.36. The zero-order chi connectivity index (χ0) is 22.2. The molecule has 160 valence electrons. The van der Waals surface area contributed by atoms with Crippen molar-refractivity contribution in [2.24, 2.45) is 0 Å². The predicted octanol–water partition coefficient (Wildman–Crippen LogP) is 4.07. The molecule has 3 aromatic rings. The van der Waals surface area contributed by atoms with Gasteiger partial charge in [-0.25, -0.2) is 0 Å². The minimum atomic E-state index is -0.903. The number of carbonyl (C=O) groups is 2. The Morgan fingerprint density at radius 3 is 2.13 bits per heavy atom. The fourth-order valence-corrected chi connectivity index (χ4v) is 3.59. The molecular formula is C25H27N2O4+. The first kappa shape index (κ1) is 22.0. The summed E-state index contributed by atoms with van der Waals surface area (Å²) in [7, 11) is 0. The zero-order valence-electron chi connectivity index (χ0n) is 17.6. The van der Waals surface area contributed by atoms with Gasteiger partial charge in [-0.2, -0.15) is 4.57 Å². The maximum absolute atomic E-state index is 10.9. The van der Waals surface area contributed by atoms with Gasteiger partial charge in [-0.3, -0.25) is 9.59 Å². The molecule has 0 bridgehead atoms. The lowest BCUT2D eigenvalue weighted by Gasteiger charge is -2.23. The fraction of sp³-hybridized carbons (Fsp3) is 0.240. The van der Waals surface area contributed by atoms with Crippen molar-refractivity contribution < 1.29 is 24.4 Å². The number of carboxylic acids is 2. The van der Waals surface area contributed by atoms with Crippen molar-refractivity contribution in [2.45, 2.75) is 26.3 Å². The fourth-order valence-electron chi connectivity index (χ4n) is 3.59. The highest BCUT2D eigenvalue weighted by molar-refractivity contribution is 5.77. The first-order chi connectivity index (χ1) is 15.0. The molecule has 0 radical (unpaired) electrons. The van der Waals surface area contributed by atoms with Crippen molar-refractivity contribution in [3.05, 3.63) is 71.9 Å². The van der Waals surface area contributed by atoms with Crippen LogP contribution in [0.3, 0.4) is 0 Å². The number of fused-ring (bicyclic) bond motifs is 1. The van der Waals surface area contributed by atoms with Crippen LogP contribution in [0.1, 0.15) is 31.0 Å². The smallest absolute Gasteiger partial charge is 0.305 e. The zero-order valence-corrected chi connectivity index (χ0v) is 17.6. The number of carboxylic acid groups (broad SMARTS) is 2. The third-order valence-corrected chi connectivity index (χ3v) is 5.19. The summed E-state index contributed by atoms with van der Waals surface area (Å²) in [6.07, 6.45) is 4.04. The highest BCUT2D eigenvalue weighted by atomic mass is 16.4. The normalized spacial score (nSPS) is 11.1. The molecule has 1 aromatic heterocycles. The maximum Gasteiger partial charge on any atom is 0.305 e. The molecule has 0 atom stereocenters. The molecule has 31 heavy (non-hydrogen) atoms. The Morgan fingerprint density at radius 1 is 0.871 bits per heavy atom. The van der Waals surface area contributed by atoms with E-state index in [0.29, 0.717) is 0 Å². The number of rotatable bonds is 10. The average Bonchev–Trinajstić information content (AvgIpc) is 2.77. The van der Waals surface area contributed by atoms with E-state index < -0.39 is 11.9 Å². The SMILES string of the molecule is CC[n+]1c(/C=C/c2ccc(N(CCC(=O)O)CCC(=O)O)cc2)ccc2ccccc21. The van der Waals surface area contributed by atoms with Crippen LogP contribution in [0, 0.1) is 0 Å². The van der Waals surface area contributed by atoms with E-state index in [-0.39, 0.29) is 25.9 Å². The monoisotopic (exact) mass is 419 g/mol. The molecule has 3 rings (SSSR count). The van der Waals surface area contributed by atoms with Gasteiger partial charge in [0, 0.05) is 42.4 Å². The number of pyridine rings is 1. The number of benzene rings is 2. The van der Waals surface area contributed by atoms with E-state index in [1.807, 2.05) is 42.5 Å². The number of anilines is 1. The standard InChI is InChI=1S/C25H26N2O4/c1-2-27-22(14-10-20-5-3-4-6-23(20)27)13-9-19-7-11-21(12-8-19)26(17-15-24(28)29)18-16-25(30)31/h3-14H,2,15-18H2,1H3,(H-,28,29,30,31)/p+1. The molecule has 2 aromatic carbocycles. The number of aryl methyl sites for hydroxylation is 1. The van der Waals surface area contributed by atoms with Crippen molar-refractivity contribution in [3.63, 3.8) is 0 Å². The average molecular weight is 420 g/mol. The molecule has 6 heteroatoms. The van der Waals surface area contributed by atoms with Gasteiger partial charge < -0.3 is 15.1 Å². The number of hydrogen-bond donors (Lipinski definition) is 2. The molecule has 6 nitrogen and oxygen atoms in total. The lowest BCUT2D eigenvalue weighted by atomic mass is 10.1. The van der Waals surface area contributed by atoms with Crippen molar-refractivity contribution in [3.8, 4) is 0 Å². The summed E-state index contributed by atoms with van der Waals surface area (Å²) >= 11 is 0. The van der Waals surface area contributed by atoms with Crippen molar-refractivity contribution >= 4 is 40.7 Å². The summed E-state index contributed by atoms with van der Waals surface area (Å²) < 4.78 is 2.26. The van der Waals surface area contributed by atoms with Crippen molar-refractivity contribution in [2.75, 3.05) is 18.0 Å². The topological polar surface area (TPSA) is 81.7 Å². The maximum atomic E-state index is 10.9. The minimum Gasteiger partial charge on any atom is -0.481 e. The van der Waals surface area contributed by atoms with Crippen LogP contribution in [0.25, 0.3) is 23.1 Å². The highest BCUT2D eigenvalue weighted by Crippen LogP contribution is 2.18. The van der Waals surface area contributed by atoms with Crippen LogP contribution in [0.4, 0.5) is 5.69 Å². The van der Waals surface area contributed by atoms with E-state index in [0.717, 1.165) is 23.5 Å². The largest absolute Gasteiger partial charge is 0.481 e. The molecule has 0 saturated heterocycles. The van der Waals surface area contributed by atoms with Gasteiger partial charge in [-0.05, 0) is 42.8 Å². The molecule has 0 aliphatic heterocycles. The number of para-hydroxylation sites is 1. The lowest BCUT2D eigenvalue weighted by molar-refractivity contribution is -0.669. The molecule has 0 unspecified atom stereocenters. The van der Waals surface area contributed by atoms with Crippen LogP contribution in [-0.2, 0) is 16.1 Å². The Balaban J connectivity index is 1.79. The second-order valence-corrected chi connectivity index (χ2v) is 7.26. The summed E-state index contributed by atoms with van der Waals surface area (Å²) in [6.45, 7) is 3.53. The Bertz CT molecular complexity index is 1070. The highest BCUT2D eigenvalue weighted by Gasteiger charge is 2.12. The molecule has 0 amide bonds. The Morgan fingerprint density at radius 2 is 1.52 bits per heavy atom. The van der Waals surface area contributed by atoms with E-state index in [9.17, 15) is 9.59 Å². The summed E-state index contributed by atoms with van der Waals surface area (Å²) in [6, 6.07) is 20.2. The quantitative estimate of drug-likeness (QED) is 0.484. The Labute approximate surface area is 181 Å². The number of aromatic nitrogens is 1. The van der Waals surface area contributed by atoms with Crippen LogP contribution in [0.5, 0.6) is 0 Å². The summed E-state index contributed by atoms with van der Waals surface area (Å²) in [5.74, 6) is -1.81. The summed E-state index contributed by atoms with van der Waals surface area (Å²) in [5, 5.41) is 19.1. The van der Waals surface area contributed by atoms with E-state index in [1.54, 1.807) is 4.90 Å². The molecule has 0 spiro atoms. The minimum absolute atomic E-state index is 0.0414. The molecule has 2 N–H and O–H groups in total. The van der Waals surface area contributed by atoms with Crippen LogP contribution in [0.15, 0.2) is 60.7 Å². The molecule has 0 fully saturated rings. The molecule has 1 heterocycles. The van der Waals surface area contributed by atoms with Gasteiger partial charge in [0.1, 0.15) is 6.54 Å². The van der Waals surface area contributed by atoms with Gasteiger partial charge in [-0.15, -0.1) is 0 Å². The third-order valence-electron chi connectivity index (χ3n) is 5.19. The van der Waals surface area contributed by atoms with Gasteiger partial charge >= 0.3 is 11.9 Å². The number of nitrogens with zero attached hydrogens (tertiary/aromatic N) is 2. The second-order valence-electron chi connectivity index (χ2n) is 7.26. The summed E-state index contributed by atoms with van der Waals surface area (Å²) in [5.41, 5.74) is 4.12. The van der Waals surface area contributed by atoms with E-state index >= 15 is 0 Å². The molecule has 0 aliphatic carbocycles. The molecular weight excluding hydrogens is 392 g/mol. The van der Waals surface area contributed by atoms with Gasteiger partial charge in [0.2, 0.25) is 11.2 Å². The predicted molar refractivity (Wildman–Crippen MR) is 122 cm³/mol. The van der Waals surface area contributed by atoms with Gasteiger partial charge in [0.15, 0.2) is 0 Å². The van der Waals surface area contributed by atoms with Crippen molar-refractivity contribution in [1.29, 1.82) is 0 Å². The first-order valence-corrected chi connectivity index (χ1v) is 10.4. The van der Waals surface area contributed by atoms with Crippen molar-refractivity contribution in [1.82, 2.24) is 0 Å². The van der Waals surface area contributed by atoms with Gasteiger partial charge in [0.25, 0.3) is 0 Å². The summed E-state index contributed by atoms with van der Waals surface area (Å²) in [4.78, 5) is 23.7. The first-order valence-electron chi connectivity index (χ1n) is 10.4. The second kappa shape index (κ2) is 10.4. The van der Waals surface area contributed by atoms with Gasteiger partial charge in [0.05, 0.1) is 12.8 Å². The number of aliphatic carboxylic acids is 2. The Kier molecular flexibility index (Phi) is 7.38. The van der Waals surface area contributed by atoms with Crippen LogP contribution < -0.4 is 9.47 Å². The van der Waals surface area contributed by atoms with Gasteiger partial charge in [-0.1, -0.05) is 24.3 Å². The van der Waals surface area contributed by atoms with Crippen LogP contribution in [-0.4, -0.2) is 35.2 Å². The molecule has 0 aliphatic rings. The van der Waals surface area contributed by atoms with Crippen LogP contribution >= 0.6 is 0 Å². The molecule has 0 saturated carbocycles. The third kappa shape index (κ3) is 5.92. The van der Waals surface area contributed by atoms with E-state index in [2.05, 4.69) is 41.8 Å². The Hall–Kier alpha value is -3.67. The number of hydrogen-bond acceptors (Lipinski definition) is 3. The van der Waals surface area contributed by atoms with E-state index in [4.69, 9.17) is 10.2 Å². The van der Waals surface area contributed by atoms with E-state index in [1.165, 1.54) is 10.9 Å².